The molecule has 4 atom stereocenters. The highest BCUT2D eigenvalue weighted by Crippen LogP contribution is 2.47. The fraction of sp³-hybridized carbons (Fsp3) is 0.154. The first-order valence-electron chi connectivity index (χ1n) is 15.2. The Hall–Kier alpha value is -4.51. The molecule has 2 aliphatic carbocycles. The van der Waals surface area contributed by atoms with Gasteiger partial charge < -0.3 is 5.32 Å². The van der Waals surface area contributed by atoms with Crippen LogP contribution in [0.3, 0.4) is 0 Å². The Morgan fingerprint density at radius 3 is 2.21 bits per heavy atom. The van der Waals surface area contributed by atoms with Crippen LogP contribution in [-0.4, -0.2) is 5.84 Å². The van der Waals surface area contributed by atoms with Gasteiger partial charge in [0.15, 0.2) is 0 Å². The molecule has 43 heavy (non-hydrogen) atoms. The Kier molecular flexibility index (Phi) is 6.86. The van der Waals surface area contributed by atoms with Crippen LogP contribution in [0.25, 0.3) is 21.7 Å². The van der Waals surface area contributed by atoms with Gasteiger partial charge in [-0.2, -0.15) is 0 Å². The average molecular weight is 576 g/mol. The van der Waals surface area contributed by atoms with Gasteiger partial charge in [-0.25, -0.2) is 4.99 Å². The van der Waals surface area contributed by atoms with Gasteiger partial charge in [-0.15, -0.1) is 11.3 Å². The highest BCUT2D eigenvalue weighted by molar-refractivity contribution is 7.20. The van der Waals surface area contributed by atoms with E-state index in [1.165, 1.54) is 42.8 Å². The third-order valence-electron chi connectivity index (χ3n) is 8.92. The summed E-state index contributed by atoms with van der Waals surface area (Å²) >= 11 is 1.97. The van der Waals surface area contributed by atoms with E-state index >= 15 is 0 Å². The molecule has 1 aromatic heterocycles. The van der Waals surface area contributed by atoms with E-state index < -0.39 is 0 Å². The third kappa shape index (κ3) is 4.97. The van der Waals surface area contributed by atoms with Crippen molar-refractivity contribution >= 4 is 38.9 Å². The largest absolute Gasteiger partial charge is 0.350 e. The van der Waals surface area contributed by atoms with E-state index in [1.54, 1.807) is 0 Å². The van der Waals surface area contributed by atoms with Gasteiger partial charge in [0.05, 0.1) is 0 Å². The van der Waals surface area contributed by atoms with Gasteiger partial charge in [0, 0.05) is 26.4 Å². The summed E-state index contributed by atoms with van der Waals surface area (Å²) in [5.41, 5.74) is 7.55. The summed E-state index contributed by atoms with van der Waals surface area (Å²) < 4.78 is 1.32. The van der Waals surface area contributed by atoms with E-state index in [-0.39, 0.29) is 12.3 Å². The van der Waals surface area contributed by atoms with E-state index in [1.807, 2.05) is 11.3 Å². The molecule has 0 radical (unpaired) electrons. The fourth-order valence-electron chi connectivity index (χ4n) is 6.70. The Bertz CT molecular complexity index is 1880. The van der Waals surface area contributed by atoms with Crippen molar-refractivity contribution in [2.24, 2.45) is 10.9 Å². The minimum absolute atomic E-state index is 0.0469. The number of rotatable bonds is 5. The fourth-order valence-corrected chi connectivity index (χ4v) is 8.19. The van der Waals surface area contributed by atoms with Crippen molar-refractivity contribution in [3.05, 3.63) is 166 Å². The molecule has 4 aromatic carbocycles. The standard InChI is InChI=1S/C39H33N3S/c1-4-12-26(13-5-1)27-22-24-28(25-23-27)31-18-10-19-32-33-20-11-21-34(36(33)43-35(31)32)39-41-37(29-14-6-2-7-15-29)40-38(42-39)30-16-8-3-9-17-30/h1-17,19-24,28,31,37-38,40H,18,25H2,(H,41,42). The van der Waals surface area contributed by atoms with Crippen LogP contribution in [0.4, 0.5) is 0 Å². The van der Waals surface area contributed by atoms with Crippen LogP contribution >= 0.6 is 11.3 Å². The maximum atomic E-state index is 5.26. The molecule has 0 amide bonds. The van der Waals surface area contributed by atoms with Gasteiger partial charge in [-0.3, -0.25) is 5.32 Å². The molecule has 4 unspecified atom stereocenters. The number of allylic oxidation sites excluding steroid dienone is 5. The molecule has 5 aromatic rings. The minimum Gasteiger partial charge on any atom is -0.350 e. The molecule has 0 saturated carbocycles. The summed E-state index contributed by atoms with van der Waals surface area (Å²) in [5, 5.41) is 8.82. The van der Waals surface area contributed by atoms with Crippen molar-refractivity contribution in [3.8, 4) is 0 Å². The van der Waals surface area contributed by atoms with E-state index in [0.29, 0.717) is 11.8 Å². The second kappa shape index (κ2) is 11.3. The van der Waals surface area contributed by atoms with E-state index in [9.17, 15) is 0 Å². The zero-order chi connectivity index (χ0) is 28.6. The summed E-state index contributed by atoms with van der Waals surface area (Å²) in [6, 6.07) is 38.6. The van der Waals surface area contributed by atoms with E-state index in [2.05, 4.69) is 150 Å². The van der Waals surface area contributed by atoms with E-state index in [0.717, 1.165) is 24.2 Å². The number of fused-ring (bicyclic) bond motifs is 3. The summed E-state index contributed by atoms with van der Waals surface area (Å²) in [6.45, 7) is 0. The number of hydrogen-bond donors (Lipinski definition) is 2. The third-order valence-corrected chi connectivity index (χ3v) is 10.3. The predicted molar refractivity (Wildman–Crippen MR) is 181 cm³/mol. The second-order valence-electron chi connectivity index (χ2n) is 11.5. The highest BCUT2D eigenvalue weighted by Gasteiger charge is 2.31. The SMILES string of the molecule is C1=Cc2c(sc3c(C4=NC(c5ccccc5)NC(c5ccccc5)N4)cccc23)C(C2C=CC(c3ccccc3)=CC2)C1. The summed E-state index contributed by atoms with van der Waals surface area (Å²) in [4.78, 5) is 6.77. The summed E-state index contributed by atoms with van der Waals surface area (Å²) in [7, 11) is 0. The molecule has 2 N–H and O–H groups in total. The molecule has 3 nitrogen and oxygen atoms in total. The van der Waals surface area contributed by atoms with Crippen LogP contribution < -0.4 is 10.6 Å². The van der Waals surface area contributed by atoms with Gasteiger partial charge in [-0.1, -0.05) is 134 Å². The number of nitrogens with one attached hydrogen (secondary N) is 2. The molecule has 1 aliphatic heterocycles. The number of benzene rings is 4. The van der Waals surface area contributed by atoms with Gasteiger partial charge in [-0.05, 0) is 52.7 Å². The molecule has 0 spiro atoms. The lowest BCUT2D eigenvalue weighted by Gasteiger charge is -2.32. The Labute approximate surface area is 257 Å². The molecule has 2 heterocycles. The van der Waals surface area contributed by atoms with Crippen LogP contribution in [0.5, 0.6) is 0 Å². The van der Waals surface area contributed by atoms with Gasteiger partial charge in [0.25, 0.3) is 0 Å². The first-order valence-corrected chi connectivity index (χ1v) is 16.0. The van der Waals surface area contributed by atoms with Gasteiger partial charge >= 0.3 is 0 Å². The van der Waals surface area contributed by atoms with E-state index in [4.69, 9.17) is 4.99 Å². The van der Waals surface area contributed by atoms with Crippen LogP contribution in [0.1, 0.15) is 63.8 Å². The van der Waals surface area contributed by atoms with Crippen molar-refractivity contribution < 1.29 is 0 Å². The molecular formula is C39H33N3S. The Morgan fingerprint density at radius 1 is 0.721 bits per heavy atom. The normalized spacial score (nSPS) is 22.9. The number of amidine groups is 1. The molecule has 210 valence electrons. The Balaban J connectivity index is 1.16. The molecule has 4 heteroatoms. The number of nitrogens with zero attached hydrogens (tertiary/aromatic N) is 1. The minimum atomic E-state index is -0.141. The quantitative estimate of drug-likeness (QED) is 0.219. The lowest BCUT2D eigenvalue weighted by atomic mass is 9.78. The molecule has 0 fully saturated rings. The lowest BCUT2D eigenvalue weighted by Crippen LogP contribution is -2.44. The summed E-state index contributed by atoms with van der Waals surface area (Å²) in [6.07, 6.45) is 13.9. The highest BCUT2D eigenvalue weighted by atomic mass is 32.1. The lowest BCUT2D eigenvalue weighted by molar-refractivity contribution is 0.409. The number of aliphatic imine (C=N–C) groups is 1. The zero-order valence-electron chi connectivity index (χ0n) is 23.9. The monoisotopic (exact) mass is 575 g/mol. The number of thiophene rings is 1. The molecule has 0 saturated heterocycles. The van der Waals surface area contributed by atoms with Crippen LogP contribution in [0, 0.1) is 5.92 Å². The van der Waals surface area contributed by atoms with Crippen molar-refractivity contribution in [2.45, 2.75) is 31.1 Å². The topological polar surface area (TPSA) is 36.4 Å². The van der Waals surface area contributed by atoms with Gasteiger partial charge in [0.1, 0.15) is 18.2 Å². The van der Waals surface area contributed by atoms with Gasteiger partial charge in [0.2, 0.25) is 0 Å². The smallest absolute Gasteiger partial charge is 0.133 e. The maximum Gasteiger partial charge on any atom is 0.133 e. The Morgan fingerprint density at radius 2 is 1.47 bits per heavy atom. The van der Waals surface area contributed by atoms with Crippen molar-refractivity contribution in [1.82, 2.24) is 10.6 Å². The molecule has 3 aliphatic rings. The number of hydrogen-bond acceptors (Lipinski definition) is 4. The second-order valence-corrected chi connectivity index (χ2v) is 12.6. The van der Waals surface area contributed by atoms with Crippen LogP contribution in [0.2, 0.25) is 0 Å². The zero-order valence-corrected chi connectivity index (χ0v) is 24.7. The summed E-state index contributed by atoms with van der Waals surface area (Å²) in [5.74, 6) is 1.92. The maximum absolute atomic E-state index is 5.26. The first-order chi connectivity index (χ1) is 21.3. The molecule has 0 bridgehead atoms. The van der Waals surface area contributed by atoms with Crippen LogP contribution in [-0.2, 0) is 0 Å². The molecular weight excluding hydrogens is 543 g/mol. The van der Waals surface area contributed by atoms with Crippen molar-refractivity contribution in [3.63, 3.8) is 0 Å². The van der Waals surface area contributed by atoms with Crippen molar-refractivity contribution in [2.75, 3.05) is 0 Å². The molecule has 8 rings (SSSR count). The average Bonchev–Trinajstić information content (AvgIpc) is 3.49. The van der Waals surface area contributed by atoms with Crippen LogP contribution in [0.15, 0.2) is 138 Å². The predicted octanol–water partition coefficient (Wildman–Crippen LogP) is 9.40. The first kappa shape index (κ1) is 26.1. The van der Waals surface area contributed by atoms with Crippen molar-refractivity contribution in [1.29, 1.82) is 0 Å².